The van der Waals surface area contributed by atoms with Crippen molar-refractivity contribution < 1.29 is 19.4 Å². The number of unbranched alkanes of at least 4 members (excludes halogenated alkanes) is 1. The van der Waals surface area contributed by atoms with Crippen molar-refractivity contribution in [2.24, 2.45) is 0 Å². The molecule has 0 unspecified atom stereocenters. The monoisotopic (exact) mass is 279 g/mol. The van der Waals surface area contributed by atoms with Crippen molar-refractivity contribution >= 4 is 11.9 Å². The van der Waals surface area contributed by atoms with Gasteiger partial charge in [-0.25, -0.2) is 4.79 Å². The lowest BCUT2D eigenvalue weighted by molar-refractivity contribution is 0.0690. The van der Waals surface area contributed by atoms with Gasteiger partial charge < -0.3 is 15.2 Å². The van der Waals surface area contributed by atoms with Gasteiger partial charge in [0.1, 0.15) is 0 Å². The van der Waals surface area contributed by atoms with E-state index in [0.717, 1.165) is 19.4 Å². The molecule has 1 rings (SSSR count). The molecular formula is C15H21NO4. The Kier molecular flexibility index (Phi) is 7.35. The fourth-order valence-electron chi connectivity index (χ4n) is 1.69. The first-order valence-corrected chi connectivity index (χ1v) is 6.85. The highest BCUT2D eigenvalue weighted by molar-refractivity contribution is 6.04. The Bertz CT molecular complexity index is 445. The number of nitrogens with one attached hydrogen (secondary N) is 1. The minimum Gasteiger partial charge on any atom is -0.478 e. The lowest BCUT2D eigenvalue weighted by Gasteiger charge is -2.08. The first kappa shape index (κ1) is 16.2. The molecule has 0 spiro atoms. The number of hydrogen-bond acceptors (Lipinski definition) is 3. The van der Waals surface area contributed by atoms with Crippen molar-refractivity contribution in [1.82, 2.24) is 5.32 Å². The Morgan fingerprint density at radius 3 is 2.45 bits per heavy atom. The van der Waals surface area contributed by atoms with Gasteiger partial charge in [-0.1, -0.05) is 25.5 Å². The summed E-state index contributed by atoms with van der Waals surface area (Å²) in [6.45, 7) is 3.91. The Labute approximate surface area is 118 Å². The van der Waals surface area contributed by atoms with Crippen LogP contribution in [0.15, 0.2) is 24.3 Å². The van der Waals surface area contributed by atoms with Crippen LogP contribution < -0.4 is 5.32 Å². The van der Waals surface area contributed by atoms with E-state index in [1.165, 1.54) is 12.1 Å². The Morgan fingerprint density at radius 2 is 1.80 bits per heavy atom. The number of carbonyl (C=O) groups excluding carboxylic acids is 1. The molecule has 0 radical (unpaired) electrons. The summed E-state index contributed by atoms with van der Waals surface area (Å²) in [4.78, 5) is 22.9. The molecule has 0 bridgehead atoms. The molecule has 5 nitrogen and oxygen atoms in total. The predicted octanol–water partition coefficient (Wildman–Crippen LogP) is 2.32. The predicted molar refractivity (Wildman–Crippen MR) is 76.1 cm³/mol. The van der Waals surface area contributed by atoms with Gasteiger partial charge in [0.25, 0.3) is 5.91 Å². The van der Waals surface area contributed by atoms with E-state index in [1.54, 1.807) is 12.1 Å². The lowest BCUT2D eigenvalue weighted by Crippen LogP contribution is -2.27. The third-order valence-corrected chi connectivity index (χ3v) is 2.80. The van der Waals surface area contributed by atoms with E-state index in [4.69, 9.17) is 9.84 Å². The largest absolute Gasteiger partial charge is 0.478 e. The molecule has 0 atom stereocenters. The summed E-state index contributed by atoms with van der Waals surface area (Å²) in [5.74, 6) is -1.46. The van der Waals surface area contributed by atoms with Crippen LogP contribution >= 0.6 is 0 Å². The van der Waals surface area contributed by atoms with Crippen molar-refractivity contribution in [3.8, 4) is 0 Å². The van der Waals surface area contributed by atoms with Crippen molar-refractivity contribution in [3.05, 3.63) is 35.4 Å². The highest BCUT2D eigenvalue weighted by Crippen LogP contribution is 2.08. The zero-order valence-electron chi connectivity index (χ0n) is 11.7. The third kappa shape index (κ3) is 5.40. The van der Waals surface area contributed by atoms with Gasteiger partial charge in [0.05, 0.1) is 11.1 Å². The zero-order valence-corrected chi connectivity index (χ0v) is 11.7. The normalized spacial score (nSPS) is 10.2. The van der Waals surface area contributed by atoms with E-state index in [9.17, 15) is 9.59 Å². The number of carboxylic acids is 1. The van der Waals surface area contributed by atoms with Crippen molar-refractivity contribution in [1.29, 1.82) is 0 Å². The number of amides is 1. The van der Waals surface area contributed by atoms with Crippen LogP contribution in [0.3, 0.4) is 0 Å². The minimum atomic E-state index is -1.10. The van der Waals surface area contributed by atoms with Gasteiger partial charge in [-0.3, -0.25) is 4.79 Å². The Balaban J connectivity index is 2.35. The highest BCUT2D eigenvalue weighted by Gasteiger charge is 2.14. The average molecular weight is 279 g/mol. The fourth-order valence-corrected chi connectivity index (χ4v) is 1.69. The zero-order chi connectivity index (χ0) is 14.8. The molecule has 1 amide bonds. The maximum absolute atomic E-state index is 11.9. The number of carboxylic acid groups (broad SMARTS) is 1. The maximum atomic E-state index is 11.9. The lowest BCUT2D eigenvalue weighted by atomic mass is 10.1. The number of benzene rings is 1. The summed E-state index contributed by atoms with van der Waals surface area (Å²) >= 11 is 0. The van der Waals surface area contributed by atoms with Crippen LogP contribution in [0.2, 0.25) is 0 Å². The average Bonchev–Trinajstić information content (AvgIpc) is 2.46. The number of aromatic carboxylic acids is 1. The van der Waals surface area contributed by atoms with E-state index in [0.29, 0.717) is 19.6 Å². The summed E-state index contributed by atoms with van der Waals surface area (Å²) < 4.78 is 5.38. The summed E-state index contributed by atoms with van der Waals surface area (Å²) in [7, 11) is 0. The second-order valence-electron chi connectivity index (χ2n) is 4.43. The van der Waals surface area contributed by atoms with E-state index >= 15 is 0 Å². The molecule has 0 aliphatic carbocycles. The SMILES string of the molecule is CCCCOCCCNC(=O)c1ccccc1C(=O)O. The van der Waals surface area contributed by atoms with Gasteiger partial charge in [0.15, 0.2) is 0 Å². The standard InChI is InChI=1S/C15H21NO4/c1-2-3-10-20-11-6-9-16-14(17)12-7-4-5-8-13(12)15(18)19/h4-5,7-8H,2-3,6,9-11H2,1H3,(H,16,17)(H,18,19). The first-order chi connectivity index (χ1) is 9.66. The topological polar surface area (TPSA) is 75.6 Å². The van der Waals surface area contributed by atoms with Crippen molar-refractivity contribution in [3.63, 3.8) is 0 Å². The molecule has 0 fully saturated rings. The molecule has 0 saturated carbocycles. The second kappa shape index (κ2) is 9.09. The van der Waals surface area contributed by atoms with Crippen molar-refractivity contribution in [2.45, 2.75) is 26.2 Å². The fraction of sp³-hybridized carbons (Fsp3) is 0.467. The first-order valence-electron chi connectivity index (χ1n) is 6.85. The summed E-state index contributed by atoms with van der Waals surface area (Å²) in [5.41, 5.74) is 0.205. The van der Waals surface area contributed by atoms with Gasteiger partial charge in [-0.05, 0) is 25.0 Å². The van der Waals surface area contributed by atoms with E-state index in [-0.39, 0.29) is 17.0 Å². The molecule has 20 heavy (non-hydrogen) atoms. The minimum absolute atomic E-state index is 0.0178. The molecule has 0 aliphatic heterocycles. The van der Waals surface area contributed by atoms with E-state index in [1.807, 2.05) is 0 Å². The van der Waals surface area contributed by atoms with Crippen LogP contribution in [0.1, 0.15) is 46.9 Å². The van der Waals surface area contributed by atoms with Gasteiger partial charge in [-0.2, -0.15) is 0 Å². The van der Waals surface area contributed by atoms with E-state index in [2.05, 4.69) is 12.2 Å². The number of ether oxygens (including phenoxy) is 1. The van der Waals surface area contributed by atoms with Crippen LogP contribution in [0.25, 0.3) is 0 Å². The molecular weight excluding hydrogens is 258 g/mol. The molecule has 5 heteroatoms. The molecule has 110 valence electrons. The maximum Gasteiger partial charge on any atom is 0.336 e. The quantitative estimate of drug-likeness (QED) is 0.680. The van der Waals surface area contributed by atoms with Crippen LogP contribution in [-0.2, 0) is 4.74 Å². The van der Waals surface area contributed by atoms with Crippen LogP contribution in [0, 0.1) is 0 Å². The number of rotatable bonds is 9. The smallest absolute Gasteiger partial charge is 0.336 e. The van der Waals surface area contributed by atoms with E-state index < -0.39 is 5.97 Å². The highest BCUT2D eigenvalue weighted by atomic mass is 16.5. The van der Waals surface area contributed by atoms with Gasteiger partial charge >= 0.3 is 5.97 Å². The van der Waals surface area contributed by atoms with Crippen LogP contribution in [0.5, 0.6) is 0 Å². The number of carbonyl (C=O) groups is 2. The molecule has 0 aliphatic rings. The molecule has 0 heterocycles. The second-order valence-corrected chi connectivity index (χ2v) is 4.43. The van der Waals surface area contributed by atoms with Gasteiger partial charge in [0.2, 0.25) is 0 Å². The van der Waals surface area contributed by atoms with Crippen LogP contribution in [-0.4, -0.2) is 36.7 Å². The molecule has 1 aromatic rings. The molecule has 0 aromatic heterocycles. The molecule has 0 saturated heterocycles. The Hall–Kier alpha value is -1.88. The molecule has 1 aromatic carbocycles. The Morgan fingerprint density at radius 1 is 1.15 bits per heavy atom. The van der Waals surface area contributed by atoms with Crippen LogP contribution in [0.4, 0.5) is 0 Å². The number of hydrogen-bond donors (Lipinski definition) is 2. The van der Waals surface area contributed by atoms with Gasteiger partial charge in [0, 0.05) is 19.8 Å². The van der Waals surface area contributed by atoms with Gasteiger partial charge in [-0.15, -0.1) is 0 Å². The molecule has 2 N–H and O–H groups in total. The summed E-state index contributed by atoms with van der Waals surface area (Å²) in [6, 6.07) is 6.18. The summed E-state index contributed by atoms with van der Waals surface area (Å²) in [6.07, 6.45) is 2.85. The summed E-state index contributed by atoms with van der Waals surface area (Å²) in [5, 5.41) is 11.7. The van der Waals surface area contributed by atoms with Crippen molar-refractivity contribution in [2.75, 3.05) is 19.8 Å². The third-order valence-electron chi connectivity index (χ3n) is 2.80.